The summed E-state index contributed by atoms with van der Waals surface area (Å²) in [6.45, 7) is 3.39. The van der Waals surface area contributed by atoms with Gasteiger partial charge in [-0.2, -0.15) is 0 Å². The van der Waals surface area contributed by atoms with E-state index >= 15 is 0 Å². The van der Waals surface area contributed by atoms with Crippen LogP contribution in [0.2, 0.25) is 0 Å². The molecule has 52 valence electrons. The average Bonchev–Trinajstić information content (AvgIpc) is 1.82. The zero-order chi connectivity index (χ0) is 7.28. The van der Waals surface area contributed by atoms with Crippen LogP contribution >= 0.6 is 22.6 Å². The van der Waals surface area contributed by atoms with Crippen molar-refractivity contribution in [1.29, 1.82) is 0 Å². The van der Waals surface area contributed by atoms with Gasteiger partial charge in [-0.25, -0.2) is 4.79 Å². The second-order valence-corrected chi connectivity index (χ2v) is 2.19. The van der Waals surface area contributed by atoms with E-state index in [2.05, 4.69) is 11.3 Å². The Morgan fingerprint density at radius 3 is 2.67 bits per heavy atom. The fourth-order valence-corrected chi connectivity index (χ4v) is 0.811. The highest BCUT2D eigenvalue weighted by Crippen LogP contribution is 1.98. The third-order valence-electron chi connectivity index (χ3n) is 0.667. The molecule has 1 atom stereocenters. The van der Waals surface area contributed by atoms with Crippen LogP contribution in [0.5, 0.6) is 0 Å². The number of rotatable bonds is 3. The molecule has 1 unspecified atom stereocenters. The molecule has 0 fully saturated rings. The molecule has 0 aliphatic carbocycles. The maximum absolute atomic E-state index is 9.85. The van der Waals surface area contributed by atoms with Crippen molar-refractivity contribution in [3.63, 3.8) is 0 Å². The first-order valence-corrected chi connectivity index (χ1v) is 3.81. The number of carboxylic acid groups (broad SMARTS) is 1. The van der Waals surface area contributed by atoms with E-state index in [1.54, 1.807) is 0 Å². The van der Waals surface area contributed by atoms with Crippen LogP contribution in [0.25, 0.3) is 0 Å². The van der Waals surface area contributed by atoms with Gasteiger partial charge in [-0.15, -0.1) is 0 Å². The van der Waals surface area contributed by atoms with E-state index in [1.165, 1.54) is 6.08 Å². The SMILES string of the molecule is C=CC(CI)OC(=O)O. The summed E-state index contributed by atoms with van der Waals surface area (Å²) < 4.78 is 4.94. The molecule has 0 heterocycles. The fraction of sp³-hybridized carbons (Fsp3) is 0.400. The van der Waals surface area contributed by atoms with Crippen molar-refractivity contribution in [1.82, 2.24) is 0 Å². The lowest BCUT2D eigenvalue weighted by molar-refractivity contribution is 0.0775. The molecule has 4 heteroatoms. The summed E-state index contributed by atoms with van der Waals surface area (Å²) >= 11 is 2.02. The standard InChI is InChI=1S/C5H7IO3/c1-2-4(3-6)9-5(7)8/h2,4H,1,3H2,(H,7,8). The van der Waals surface area contributed by atoms with Gasteiger partial charge in [-0.1, -0.05) is 35.2 Å². The van der Waals surface area contributed by atoms with Gasteiger partial charge in [0.15, 0.2) is 0 Å². The summed E-state index contributed by atoms with van der Waals surface area (Å²) in [5.74, 6) is 0. The van der Waals surface area contributed by atoms with Crippen molar-refractivity contribution >= 4 is 28.7 Å². The van der Waals surface area contributed by atoms with Gasteiger partial charge in [0.05, 0.1) is 0 Å². The molecule has 9 heavy (non-hydrogen) atoms. The largest absolute Gasteiger partial charge is 0.506 e. The molecule has 1 N–H and O–H groups in total. The van der Waals surface area contributed by atoms with Crippen molar-refractivity contribution in [2.45, 2.75) is 6.10 Å². The van der Waals surface area contributed by atoms with Gasteiger partial charge in [0.1, 0.15) is 6.10 Å². The Kier molecular flexibility index (Phi) is 4.47. The molecule has 0 aromatic heterocycles. The first-order valence-electron chi connectivity index (χ1n) is 2.28. The summed E-state index contributed by atoms with van der Waals surface area (Å²) in [7, 11) is 0. The first-order chi connectivity index (χ1) is 4.20. The van der Waals surface area contributed by atoms with E-state index in [4.69, 9.17) is 5.11 Å². The first kappa shape index (κ1) is 8.74. The molecule has 0 aromatic carbocycles. The van der Waals surface area contributed by atoms with E-state index < -0.39 is 6.16 Å². The van der Waals surface area contributed by atoms with Crippen LogP contribution in [0, 0.1) is 0 Å². The van der Waals surface area contributed by atoms with Crippen LogP contribution in [-0.4, -0.2) is 21.8 Å². The molecule has 0 aliphatic rings. The molecule has 0 aliphatic heterocycles. The number of hydrogen-bond donors (Lipinski definition) is 1. The zero-order valence-corrected chi connectivity index (χ0v) is 6.87. The van der Waals surface area contributed by atoms with Gasteiger partial charge >= 0.3 is 6.16 Å². The molecule has 0 spiro atoms. The smallest absolute Gasteiger partial charge is 0.450 e. The summed E-state index contributed by atoms with van der Waals surface area (Å²) in [4.78, 5) is 9.85. The highest BCUT2D eigenvalue weighted by Gasteiger charge is 2.05. The predicted octanol–water partition coefficient (Wildman–Crippen LogP) is 1.67. The monoisotopic (exact) mass is 242 g/mol. The lowest BCUT2D eigenvalue weighted by Gasteiger charge is -2.05. The van der Waals surface area contributed by atoms with Gasteiger partial charge < -0.3 is 9.84 Å². The second-order valence-electron chi connectivity index (χ2n) is 1.31. The molecule has 0 saturated heterocycles. The van der Waals surface area contributed by atoms with E-state index in [0.717, 1.165) is 0 Å². The van der Waals surface area contributed by atoms with Crippen molar-refractivity contribution in [3.05, 3.63) is 12.7 Å². The molecule has 0 bridgehead atoms. The Labute approximate surface area is 66.8 Å². The van der Waals surface area contributed by atoms with Crippen molar-refractivity contribution in [3.8, 4) is 0 Å². The summed E-state index contributed by atoms with van der Waals surface area (Å²) in [5, 5.41) is 8.07. The van der Waals surface area contributed by atoms with Crippen LogP contribution in [0.3, 0.4) is 0 Å². The molecule has 0 aromatic rings. The maximum atomic E-state index is 9.85. The molecular formula is C5H7IO3. The molecule has 0 radical (unpaired) electrons. The topological polar surface area (TPSA) is 46.5 Å². The van der Waals surface area contributed by atoms with Crippen molar-refractivity contribution in [2.24, 2.45) is 0 Å². The Balaban J connectivity index is 3.55. The molecule has 0 rings (SSSR count). The lowest BCUT2D eigenvalue weighted by atomic mass is 10.4. The molecule has 0 saturated carbocycles. The summed E-state index contributed by atoms with van der Waals surface area (Å²) in [6.07, 6.45) is -0.166. The third kappa shape index (κ3) is 4.26. The van der Waals surface area contributed by atoms with Crippen LogP contribution in [0.4, 0.5) is 4.79 Å². The van der Waals surface area contributed by atoms with Gasteiger partial charge in [0, 0.05) is 4.43 Å². The Hall–Kier alpha value is -0.260. The van der Waals surface area contributed by atoms with Gasteiger partial charge in [-0.3, -0.25) is 0 Å². The lowest BCUT2D eigenvalue weighted by Crippen LogP contribution is -2.14. The number of halogens is 1. The van der Waals surface area contributed by atoms with Crippen molar-refractivity contribution < 1.29 is 14.6 Å². The minimum Gasteiger partial charge on any atom is -0.450 e. The van der Waals surface area contributed by atoms with E-state index in [1.807, 2.05) is 22.6 Å². The van der Waals surface area contributed by atoms with Crippen LogP contribution in [0.1, 0.15) is 0 Å². The third-order valence-corrected chi connectivity index (χ3v) is 1.54. The normalized spacial score (nSPS) is 12.1. The molecule has 3 nitrogen and oxygen atoms in total. The zero-order valence-electron chi connectivity index (χ0n) is 4.71. The molecule has 0 amide bonds. The highest BCUT2D eigenvalue weighted by molar-refractivity contribution is 14.1. The van der Waals surface area contributed by atoms with Gasteiger partial charge in [0.25, 0.3) is 0 Å². The highest BCUT2D eigenvalue weighted by atomic mass is 127. The van der Waals surface area contributed by atoms with Crippen molar-refractivity contribution in [2.75, 3.05) is 4.43 Å². The van der Waals surface area contributed by atoms with Crippen LogP contribution < -0.4 is 0 Å². The minimum absolute atomic E-state index is 0.372. The Bertz CT molecular complexity index is 113. The van der Waals surface area contributed by atoms with Crippen LogP contribution in [-0.2, 0) is 4.74 Å². The Morgan fingerprint density at radius 1 is 2.00 bits per heavy atom. The minimum atomic E-state index is -1.25. The second kappa shape index (κ2) is 4.60. The van der Waals surface area contributed by atoms with E-state index in [-0.39, 0.29) is 6.10 Å². The van der Waals surface area contributed by atoms with E-state index in [0.29, 0.717) is 4.43 Å². The number of alkyl halides is 1. The Morgan fingerprint density at radius 2 is 2.56 bits per heavy atom. The number of ether oxygens (including phenoxy) is 1. The van der Waals surface area contributed by atoms with E-state index in [9.17, 15) is 4.79 Å². The average molecular weight is 242 g/mol. The number of carbonyl (C=O) groups is 1. The number of hydrogen-bond acceptors (Lipinski definition) is 2. The van der Waals surface area contributed by atoms with Gasteiger partial charge in [-0.05, 0) is 0 Å². The maximum Gasteiger partial charge on any atom is 0.506 e. The van der Waals surface area contributed by atoms with Gasteiger partial charge in [0.2, 0.25) is 0 Å². The molecular weight excluding hydrogens is 235 g/mol. The summed E-state index contributed by atoms with van der Waals surface area (Å²) in [5.41, 5.74) is 0. The quantitative estimate of drug-likeness (QED) is 0.354. The van der Waals surface area contributed by atoms with Crippen LogP contribution in [0.15, 0.2) is 12.7 Å². The summed E-state index contributed by atoms with van der Waals surface area (Å²) in [6, 6.07) is 0. The fourth-order valence-electron chi connectivity index (χ4n) is 0.272. The predicted molar refractivity (Wildman–Crippen MR) is 42.0 cm³/mol.